The summed E-state index contributed by atoms with van der Waals surface area (Å²) < 4.78 is 5.88. The third kappa shape index (κ3) is 6.67. The van der Waals surface area contributed by atoms with E-state index in [4.69, 9.17) is 16.3 Å². The molecule has 5 heteroatoms. The first-order chi connectivity index (χ1) is 16.2. The van der Waals surface area contributed by atoms with E-state index >= 15 is 0 Å². The molecule has 0 radical (unpaired) electrons. The first kappa shape index (κ1) is 22.6. The molecule has 1 aromatic heterocycles. The van der Waals surface area contributed by atoms with Crippen LogP contribution in [0.2, 0.25) is 5.02 Å². The number of hydrogen-bond donors (Lipinski definition) is 0. The molecule has 1 amide bonds. The second kappa shape index (κ2) is 11.3. The maximum atomic E-state index is 13.2. The van der Waals surface area contributed by atoms with E-state index in [0.29, 0.717) is 36.7 Å². The van der Waals surface area contributed by atoms with Crippen LogP contribution >= 0.6 is 11.6 Å². The zero-order valence-electron chi connectivity index (χ0n) is 18.2. The molecule has 4 rings (SSSR count). The van der Waals surface area contributed by atoms with Crippen LogP contribution in [0.5, 0.6) is 5.75 Å². The molecule has 33 heavy (non-hydrogen) atoms. The van der Waals surface area contributed by atoms with Gasteiger partial charge in [-0.2, -0.15) is 0 Å². The fraction of sp³-hybridized carbons (Fsp3) is 0.143. The van der Waals surface area contributed by atoms with Crippen LogP contribution in [-0.4, -0.2) is 22.3 Å². The maximum Gasteiger partial charge on any atom is 0.254 e. The maximum absolute atomic E-state index is 13.2. The second-order valence-corrected chi connectivity index (χ2v) is 8.16. The average Bonchev–Trinajstić information content (AvgIpc) is 2.87. The van der Waals surface area contributed by atoms with Crippen molar-refractivity contribution in [1.82, 2.24) is 9.88 Å². The summed E-state index contributed by atoms with van der Waals surface area (Å²) in [7, 11) is 0. The Morgan fingerprint density at radius 2 is 1.55 bits per heavy atom. The van der Waals surface area contributed by atoms with Gasteiger partial charge in [0.1, 0.15) is 12.4 Å². The van der Waals surface area contributed by atoms with Crippen molar-refractivity contribution >= 4 is 17.5 Å². The van der Waals surface area contributed by atoms with Crippen molar-refractivity contribution in [1.29, 1.82) is 0 Å². The summed E-state index contributed by atoms with van der Waals surface area (Å²) in [4.78, 5) is 19.5. The number of amides is 1. The number of ether oxygens (including phenoxy) is 1. The lowest BCUT2D eigenvalue weighted by molar-refractivity contribution is 0.0744. The zero-order valence-corrected chi connectivity index (χ0v) is 19.0. The van der Waals surface area contributed by atoms with Gasteiger partial charge in [-0.3, -0.25) is 9.78 Å². The average molecular weight is 457 g/mol. The van der Waals surface area contributed by atoms with Crippen molar-refractivity contribution in [2.24, 2.45) is 0 Å². The largest absolute Gasteiger partial charge is 0.489 e. The molecule has 4 aromatic rings. The molecule has 3 aromatic carbocycles. The summed E-state index contributed by atoms with van der Waals surface area (Å²) in [5, 5.41) is 0.609. The van der Waals surface area contributed by atoms with Crippen LogP contribution in [0.1, 0.15) is 27.2 Å². The van der Waals surface area contributed by atoms with Gasteiger partial charge in [-0.25, -0.2) is 0 Å². The molecule has 0 fully saturated rings. The van der Waals surface area contributed by atoms with E-state index in [9.17, 15) is 4.79 Å². The van der Waals surface area contributed by atoms with E-state index in [0.717, 1.165) is 22.6 Å². The van der Waals surface area contributed by atoms with E-state index in [1.54, 1.807) is 30.5 Å². The quantitative estimate of drug-likeness (QED) is 0.301. The van der Waals surface area contributed by atoms with Crippen LogP contribution in [0.15, 0.2) is 103 Å². The van der Waals surface area contributed by atoms with Crippen LogP contribution in [0, 0.1) is 0 Å². The summed E-state index contributed by atoms with van der Waals surface area (Å²) in [6.45, 7) is 1.57. The van der Waals surface area contributed by atoms with Gasteiger partial charge < -0.3 is 9.64 Å². The number of benzene rings is 3. The molecule has 0 saturated heterocycles. The molecule has 1 heterocycles. The van der Waals surface area contributed by atoms with Crippen LogP contribution in [0.4, 0.5) is 0 Å². The Kier molecular flexibility index (Phi) is 7.72. The second-order valence-electron chi connectivity index (χ2n) is 7.72. The van der Waals surface area contributed by atoms with Gasteiger partial charge in [0.15, 0.2) is 0 Å². The number of nitrogens with zero attached hydrogens (tertiary/aromatic N) is 2. The SMILES string of the molecule is O=C(c1ccc(Cl)cc1)N(CCc1ccccn1)Cc1ccc(OCc2ccccc2)cc1. The highest BCUT2D eigenvalue weighted by molar-refractivity contribution is 6.30. The molecule has 0 unspecified atom stereocenters. The topological polar surface area (TPSA) is 42.4 Å². The highest BCUT2D eigenvalue weighted by atomic mass is 35.5. The number of carbonyl (C=O) groups is 1. The molecule has 0 aliphatic heterocycles. The minimum absolute atomic E-state index is 0.0352. The summed E-state index contributed by atoms with van der Waals surface area (Å²) >= 11 is 6.00. The van der Waals surface area contributed by atoms with E-state index in [-0.39, 0.29) is 5.91 Å². The van der Waals surface area contributed by atoms with Crippen LogP contribution in [0.25, 0.3) is 0 Å². The number of pyridine rings is 1. The van der Waals surface area contributed by atoms with E-state index in [1.165, 1.54) is 0 Å². The molecule has 0 saturated carbocycles. The highest BCUT2D eigenvalue weighted by Crippen LogP contribution is 2.18. The summed E-state index contributed by atoms with van der Waals surface area (Å²) in [6.07, 6.45) is 2.45. The van der Waals surface area contributed by atoms with E-state index < -0.39 is 0 Å². The number of halogens is 1. The third-order valence-electron chi connectivity index (χ3n) is 5.29. The predicted octanol–water partition coefficient (Wildman–Crippen LogP) is 6.20. The Labute approximate surface area is 199 Å². The lowest BCUT2D eigenvalue weighted by atomic mass is 10.1. The fourth-order valence-corrected chi connectivity index (χ4v) is 3.60. The van der Waals surface area contributed by atoms with Gasteiger partial charge >= 0.3 is 0 Å². The fourth-order valence-electron chi connectivity index (χ4n) is 3.48. The molecule has 166 valence electrons. The summed E-state index contributed by atoms with van der Waals surface area (Å²) in [6, 6.07) is 30.8. The Morgan fingerprint density at radius 1 is 0.818 bits per heavy atom. The van der Waals surface area contributed by atoms with E-state index in [1.807, 2.05) is 77.7 Å². The lowest BCUT2D eigenvalue weighted by Gasteiger charge is -2.23. The van der Waals surface area contributed by atoms with Crippen LogP contribution < -0.4 is 4.74 Å². The lowest BCUT2D eigenvalue weighted by Crippen LogP contribution is -2.32. The van der Waals surface area contributed by atoms with Gasteiger partial charge in [-0.15, -0.1) is 0 Å². The Bertz CT molecular complexity index is 1150. The number of rotatable bonds is 9. The third-order valence-corrected chi connectivity index (χ3v) is 5.54. The Morgan fingerprint density at radius 3 is 2.24 bits per heavy atom. The van der Waals surface area contributed by atoms with Gasteiger partial charge in [-0.1, -0.05) is 60.1 Å². The van der Waals surface area contributed by atoms with Crippen molar-refractivity contribution in [3.63, 3.8) is 0 Å². The molecule has 0 spiro atoms. The van der Waals surface area contributed by atoms with Crippen LogP contribution in [0.3, 0.4) is 0 Å². The van der Waals surface area contributed by atoms with Crippen molar-refractivity contribution in [3.05, 3.63) is 131 Å². The Balaban J connectivity index is 1.44. The van der Waals surface area contributed by atoms with Gasteiger partial charge in [0, 0.05) is 42.0 Å². The monoisotopic (exact) mass is 456 g/mol. The molecular weight excluding hydrogens is 432 g/mol. The van der Waals surface area contributed by atoms with Crippen LogP contribution in [-0.2, 0) is 19.6 Å². The van der Waals surface area contributed by atoms with Crippen molar-refractivity contribution < 1.29 is 9.53 Å². The highest BCUT2D eigenvalue weighted by Gasteiger charge is 2.17. The molecule has 0 atom stereocenters. The van der Waals surface area contributed by atoms with E-state index in [2.05, 4.69) is 4.98 Å². The van der Waals surface area contributed by atoms with Gasteiger partial charge in [0.2, 0.25) is 0 Å². The molecule has 4 nitrogen and oxygen atoms in total. The normalized spacial score (nSPS) is 10.6. The number of hydrogen-bond acceptors (Lipinski definition) is 3. The Hall–Kier alpha value is -3.63. The standard InChI is InChI=1S/C28H25ClN2O2/c29-25-13-11-24(12-14-25)28(32)31(19-17-26-8-4-5-18-30-26)20-22-9-15-27(16-10-22)33-21-23-6-2-1-3-7-23/h1-16,18H,17,19-21H2. The minimum Gasteiger partial charge on any atom is -0.489 e. The predicted molar refractivity (Wildman–Crippen MR) is 131 cm³/mol. The van der Waals surface area contributed by atoms with Crippen molar-refractivity contribution in [2.75, 3.05) is 6.54 Å². The van der Waals surface area contributed by atoms with Crippen molar-refractivity contribution in [3.8, 4) is 5.75 Å². The molecule has 0 aliphatic rings. The van der Waals surface area contributed by atoms with Gasteiger partial charge in [-0.05, 0) is 59.7 Å². The minimum atomic E-state index is -0.0352. The van der Waals surface area contributed by atoms with Gasteiger partial charge in [0.05, 0.1) is 0 Å². The molecule has 0 aliphatic carbocycles. The molecule has 0 bridgehead atoms. The number of aromatic nitrogens is 1. The zero-order chi connectivity index (χ0) is 22.9. The molecule has 0 N–H and O–H groups in total. The smallest absolute Gasteiger partial charge is 0.254 e. The first-order valence-electron chi connectivity index (χ1n) is 10.9. The summed E-state index contributed by atoms with van der Waals surface area (Å²) in [5.41, 5.74) is 3.72. The number of carbonyl (C=O) groups excluding carboxylic acids is 1. The summed E-state index contributed by atoms with van der Waals surface area (Å²) in [5.74, 6) is 0.763. The molecular formula is C28H25ClN2O2. The van der Waals surface area contributed by atoms with Crippen molar-refractivity contribution in [2.45, 2.75) is 19.6 Å². The first-order valence-corrected chi connectivity index (χ1v) is 11.3. The van der Waals surface area contributed by atoms with Gasteiger partial charge in [0.25, 0.3) is 5.91 Å².